The van der Waals surface area contributed by atoms with Gasteiger partial charge in [0.2, 0.25) is 5.95 Å². The van der Waals surface area contributed by atoms with Gasteiger partial charge in [0.15, 0.2) is 5.82 Å². The third-order valence-electron chi connectivity index (χ3n) is 4.55. The lowest BCUT2D eigenvalue weighted by atomic mass is 9.95. The molecule has 104 valence electrons. The van der Waals surface area contributed by atoms with Gasteiger partial charge in [-0.3, -0.25) is 4.98 Å². The second kappa shape index (κ2) is 4.89. The van der Waals surface area contributed by atoms with Gasteiger partial charge in [0.25, 0.3) is 0 Å². The van der Waals surface area contributed by atoms with E-state index in [0.717, 1.165) is 36.2 Å². The van der Waals surface area contributed by atoms with Gasteiger partial charge >= 0.3 is 0 Å². The molecule has 1 atom stereocenters. The highest BCUT2D eigenvalue weighted by Gasteiger charge is 2.31. The molecule has 1 N–H and O–H groups in total. The van der Waals surface area contributed by atoms with E-state index in [1.807, 2.05) is 12.1 Å². The van der Waals surface area contributed by atoms with E-state index in [1.165, 1.54) is 25.7 Å². The lowest BCUT2D eigenvalue weighted by molar-refractivity contribution is 0.290. The zero-order valence-corrected chi connectivity index (χ0v) is 11.5. The van der Waals surface area contributed by atoms with Gasteiger partial charge in [0.05, 0.1) is 6.04 Å². The minimum atomic E-state index is 0.525. The largest absolute Gasteiger partial charge is 0.354 e. The van der Waals surface area contributed by atoms with Crippen LogP contribution < -0.4 is 5.32 Å². The van der Waals surface area contributed by atoms with Gasteiger partial charge in [-0.1, -0.05) is 12.8 Å². The molecule has 1 fully saturated rings. The van der Waals surface area contributed by atoms with Crippen molar-refractivity contribution in [3.63, 3.8) is 0 Å². The summed E-state index contributed by atoms with van der Waals surface area (Å²) >= 11 is 0. The van der Waals surface area contributed by atoms with Crippen molar-refractivity contribution in [2.45, 2.75) is 38.1 Å². The first kappa shape index (κ1) is 11.9. The van der Waals surface area contributed by atoms with Crippen LogP contribution >= 0.6 is 0 Å². The fourth-order valence-electron chi connectivity index (χ4n) is 3.53. The lowest BCUT2D eigenvalue weighted by Crippen LogP contribution is -2.28. The minimum absolute atomic E-state index is 0.525. The second-order valence-corrected chi connectivity index (χ2v) is 5.77. The zero-order valence-electron chi connectivity index (χ0n) is 11.5. The van der Waals surface area contributed by atoms with Gasteiger partial charge in [-0.05, 0) is 37.3 Å². The van der Waals surface area contributed by atoms with E-state index in [2.05, 4.69) is 20.0 Å². The normalized spacial score (nSPS) is 22.5. The van der Waals surface area contributed by atoms with Gasteiger partial charge in [-0.2, -0.15) is 4.98 Å². The predicted molar refractivity (Wildman–Crippen MR) is 77.4 cm³/mol. The molecule has 3 heterocycles. The first-order valence-electron chi connectivity index (χ1n) is 7.52. The summed E-state index contributed by atoms with van der Waals surface area (Å²) in [7, 11) is 0. The number of aromatic nitrogens is 4. The molecule has 0 amide bonds. The Labute approximate surface area is 118 Å². The van der Waals surface area contributed by atoms with Crippen molar-refractivity contribution in [2.24, 2.45) is 5.92 Å². The van der Waals surface area contributed by atoms with E-state index in [1.54, 1.807) is 12.4 Å². The van der Waals surface area contributed by atoms with E-state index in [0.29, 0.717) is 6.04 Å². The van der Waals surface area contributed by atoms with E-state index in [-0.39, 0.29) is 0 Å². The third kappa shape index (κ3) is 1.97. The number of hydrogen-bond acceptors (Lipinski definition) is 4. The second-order valence-electron chi connectivity index (χ2n) is 5.77. The van der Waals surface area contributed by atoms with Crippen LogP contribution in [0.5, 0.6) is 0 Å². The number of nitrogens with zero attached hydrogens (tertiary/aromatic N) is 4. The molecule has 0 radical (unpaired) electrons. The highest BCUT2D eigenvalue weighted by molar-refractivity contribution is 5.55. The minimum Gasteiger partial charge on any atom is -0.354 e. The lowest BCUT2D eigenvalue weighted by Gasteiger charge is -2.28. The van der Waals surface area contributed by atoms with Crippen LogP contribution in [-0.2, 0) is 0 Å². The maximum Gasteiger partial charge on any atom is 0.221 e. The van der Waals surface area contributed by atoms with Crippen molar-refractivity contribution in [1.29, 1.82) is 0 Å². The van der Waals surface area contributed by atoms with E-state index < -0.39 is 0 Å². The summed E-state index contributed by atoms with van der Waals surface area (Å²) in [5.74, 6) is 2.52. The molecular formula is C15H19N5. The molecule has 1 saturated carbocycles. The number of fused-ring (bicyclic) bond motifs is 1. The van der Waals surface area contributed by atoms with Crippen molar-refractivity contribution in [1.82, 2.24) is 19.7 Å². The Morgan fingerprint density at radius 2 is 1.90 bits per heavy atom. The smallest absolute Gasteiger partial charge is 0.221 e. The fraction of sp³-hybridized carbons (Fsp3) is 0.533. The topological polar surface area (TPSA) is 55.6 Å². The Morgan fingerprint density at radius 3 is 2.70 bits per heavy atom. The summed E-state index contributed by atoms with van der Waals surface area (Å²) in [5, 5.41) is 8.14. The molecule has 1 unspecified atom stereocenters. The summed E-state index contributed by atoms with van der Waals surface area (Å²) in [6, 6.07) is 4.45. The third-order valence-corrected chi connectivity index (χ3v) is 4.55. The van der Waals surface area contributed by atoms with Crippen molar-refractivity contribution in [3.05, 3.63) is 24.5 Å². The van der Waals surface area contributed by atoms with Crippen LogP contribution in [-0.4, -0.2) is 26.3 Å². The first-order valence-corrected chi connectivity index (χ1v) is 7.52. The molecule has 1 aliphatic heterocycles. The Hall–Kier alpha value is -1.91. The van der Waals surface area contributed by atoms with Crippen LogP contribution in [0.2, 0.25) is 0 Å². The molecule has 1 aliphatic carbocycles. The molecular weight excluding hydrogens is 250 g/mol. The molecule has 0 saturated heterocycles. The number of anilines is 1. The maximum absolute atomic E-state index is 4.76. The summed E-state index contributed by atoms with van der Waals surface area (Å²) < 4.78 is 2.13. The highest BCUT2D eigenvalue weighted by atomic mass is 15.4. The van der Waals surface area contributed by atoms with Crippen molar-refractivity contribution in [3.8, 4) is 11.4 Å². The van der Waals surface area contributed by atoms with Crippen LogP contribution in [0, 0.1) is 5.92 Å². The zero-order chi connectivity index (χ0) is 13.4. The Morgan fingerprint density at radius 1 is 1.10 bits per heavy atom. The number of hydrogen-bond donors (Lipinski definition) is 1. The Kier molecular flexibility index (Phi) is 2.90. The van der Waals surface area contributed by atoms with Crippen LogP contribution in [0.4, 0.5) is 5.95 Å². The van der Waals surface area contributed by atoms with Crippen molar-refractivity contribution in [2.75, 3.05) is 11.9 Å². The molecule has 5 nitrogen and oxygen atoms in total. The first-order chi connectivity index (χ1) is 9.92. The number of pyridine rings is 1. The molecule has 4 rings (SSSR count). The fourth-order valence-corrected chi connectivity index (χ4v) is 3.53. The van der Waals surface area contributed by atoms with Crippen molar-refractivity contribution >= 4 is 5.95 Å². The van der Waals surface area contributed by atoms with Gasteiger partial charge in [-0.15, -0.1) is 5.10 Å². The van der Waals surface area contributed by atoms with Crippen molar-refractivity contribution < 1.29 is 0 Å². The van der Waals surface area contributed by atoms with Crippen LogP contribution in [0.3, 0.4) is 0 Å². The van der Waals surface area contributed by atoms with Gasteiger partial charge < -0.3 is 5.32 Å². The SMILES string of the molecule is c1cc(-c2nc3n(n2)C(C2CCCC2)CCN3)ccn1. The molecule has 2 aliphatic rings. The van der Waals surface area contributed by atoms with Crippen LogP contribution in [0.25, 0.3) is 11.4 Å². The molecule has 0 aromatic carbocycles. The standard InChI is InChI=1S/C15H19N5/c1-2-4-11(3-1)13-7-10-17-15-18-14(19-20(13)15)12-5-8-16-9-6-12/h5-6,8-9,11,13H,1-4,7,10H2,(H,17,18,19). The summed E-state index contributed by atoms with van der Waals surface area (Å²) in [6.45, 7) is 1.01. The summed E-state index contributed by atoms with van der Waals surface area (Å²) in [6.07, 6.45) is 10.2. The average Bonchev–Trinajstić information content (AvgIpc) is 3.17. The number of rotatable bonds is 2. The summed E-state index contributed by atoms with van der Waals surface area (Å²) in [5.41, 5.74) is 1.04. The molecule has 2 aromatic heterocycles. The van der Waals surface area contributed by atoms with Gasteiger partial charge in [0.1, 0.15) is 0 Å². The Bertz CT molecular complexity index is 586. The van der Waals surface area contributed by atoms with E-state index >= 15 is 0 Å². The van der Waals surface area contributed by atoms with E-state index in [9.17, 15) is 0 Å². The predicted octanol–water partition coefficient (Wildman–Crippen LogP) is 2.89. The molecule has 20 heavy (non-hydrogen) atoms. The monoisotopic (exact) mass is 269 g/mol. The molecule has 0 bridgehead atoms. The average molecular weight is 269 g/mol. The van der Waals surface area contributed by atoms with E-state index in [4.69, 9.17) is 5.10 Å². The van der Waals surface area contributed by atoms with Gasteiger partial charge in [0, 0.05) is 24.5 Å². The Balaban J connectivity index is 1.70. The van der Waals surface area contributed by atoms with Crippen LogP contribution in [0.1, 0.15) is 38.1 Å². The number of nitrogens with one attached hydrogen (secondary N) is 1. The summed E-state index contributed by atoms with van der Waals surface area (Å²) in [4.78, 5) is 8.71. The van der Waals surface area contributed by atoms with Gasteiger partial charge in [-0.25, -0.2) is 4.68 Å². The maximum atomic E-state index is 4.76. The molecule has 2 aromatic rings. The quantitative estimate of drug-likeness (QED) is 0.910. The molecule has 5 heteroatoms. The highest BCUT2D eigenvalue weighted by Crippen LogP contribution is 2.39. The molecule has 0 spiro atoms. The van der Waals surface area contributed by atoms with Crippen LogP contribution in [0.15, 0.2) is 24.5 Å².